The van der Waals surface area contributed by atoms with Gasteiger partial charge < -0.3 is 5.11 Å². The lowest BCUT2D eigenvalue weighted by Crippen LogP contribution is -2.11. The van der Waals surface area contributed by atoms with E-state index in [-0.39, 0.29) is 17.8 Å². The van der Waals surface area contributed by atoms with Gasteiger partial charge in [0.2, 0.25) is 0 Å². The summed E-state index contributed by atoms with van der Waals surface area (Å²) in [4.78, 5) is 24.2. The smallest absolute Gasteiger partial charge is 0.339 e. The molecule has 0 amide bonds. The fourth-order valence-corrected chi connectivity index (χ4v) is 2.66. The molecule has 0 aliphatic rings. The molecule has 0 radical (unpaired) electrons. The van der Waals surface area contributed by atoms with Crippen molar-refractivity contribution in [3.8, 4) is 11.3 Å². The lowest BCUT2D eigenvalue weighted by Gasteiger charge is -2.04. The Morgan fingerprint density at radius 1 is 1.00 bits per heavy atom. The Hall–Kier alpha value is -3.21. The summed E-state index contributed by atoms with van der Waals surface area (Å²) in [5.74, 6) is -1.22. The molecular weight excluding hydrogens is 304 g/mol. The highest BCUT2D eigenvalue weighted by molar-refractivity contribution is 6.01. The lowest BCUT2D eigenvalue weighted by atomic mass is 10.0. The van der Waals surface area contributed by atoms with Crippen LogP contribution in [0.5, 0.6) is 0 Å². The zero-order valence-electron chi connectivity index (χ0n) is 13.1. The van der Waals surface area contributed by atoms with Gasteiger partial charge in [-0.1, -0.05) is 60.7 Å². The first-order chi connectivity index (χ1) is 11.6. The zero-order chi connectivity index (χ0) is 17.1. The Balaban J connectivity index is 2.04. The van der Waals surface area contributed by atoms with Gasteiger partial charge in [0.1, 0.15) is 11.3 Å². The van der Waals surface area contributed by atoms with Crippen LogP contribution in [0.3, 0.4) is 0 Å². The van der Waals surface area contributed by atoms with Crippen LogP contribution in [0.1, 0.15) is 26.4 Å². The van der Waals surface area contributed by atoms with Gasteiger partial charge in [-0.25, -0.2) is 4.79 Å². The number of nitrogens with zero attached hydrogens (tertiary/aromatic N) is 2. The fraction of sp³-hybridized carbons (Fsp3) is 0.105. The Bertz CT molecular complexity index is 884. The van der Waals surface area contributed by atoms with Crippen LogP contribution in [0.4, 0.5) is 0 Å². The number of carboxylic acids is 1. The van der Waals surface area contributed by atoms with Gasteiger partial charge in [0, 0.05) is 18.2 Å². The first-order valence-electron chi connectivity index (χ1n) is 7.50. The summed E-state index contributed by atoms with van der Waals surface area (Å²) in [6, 6.07) is 17.9. The molecule has 1 heterocycles. The SMILES string of the molecule is Cn1nc(-c2ccccc2)c(C(=O)O)c1CC(=O)c1ccccc1. The molecule has 0 spiro atoms. The summed E-state index contributed by atoms with van der Waals surface area (Å²) in [5.41, 5.74) is 2.12. The number of carbonyl (C=O) groups excluding carboxylic acids is 1. The average Bonchev–Trinajstić information content (AvgIpc) is 2.93. The molecule has 2 aromatic carbocycles. The van der Waals surface area contributed by atoms with Gasteiger partial charge in [0.05, 0.1) is 12.1 Å². The van der Waals surface area contributed by atoms with E-state index in [1.54, 1.807) is 43.4 Å². The van der Waals surface area contributed by atoms with Crippen molar-refractivity contribution in [2.24, 2.45) is 7.05 Å². The van der Waals surface area contributed by atoms with Gasteiger partial charge in [0.25, 0.3) is 0 Å². The van der Waals surface area contributed by atoms with E-state index in [9.17, 15) is 14.7 Å². The predicted octanol–water partition coefficient (Wildman–Crippen LogP) is 3.21. The highest BCUT2D eigenvalue weighted by Crippen LogP contribution is 2.26. The van der Waals surface area contributed by atoms with E-state index in [1.165, 1.54) is 4.68 Å². The Morgan fingerprint density at radius 2 is 1.58 bits per heavy atom. The number of aromatic nitrogens is 2. The molecule has 5 heteroatoms. The number of Topliss-reactive ketones (excluding diaryl/α,β-unsaturated/α-hetero) is 1. The highest BCUT2D eigenvalue weighted by atomic mass is 16.4. The van der Waals surface area contributed by atoms with Crippen LogP contribution < -0.4 is 0 Å². The van der Waals surface area contributed by atoms with Crippen molar-refractivity contribution < 1.29 is 14.7 Å². The van der Waals surface area contributed by atoms with Crippen LogP contribution in [-0.2, 0) is 13.5 Å². The molecule has 0 unspecified atom stereocenters. The van der Waals surface area contributed by atoms with Crippen molar-refractivity contribution in [3.63, 3.8) is 0 Å². The topological polar surface area (TPSA) is 72.2 Å². The minimum atomic E-state index is -1.09. The molecule has 1 N–H and O–H groups in total. The van der Waals surface area contributed by atoms with Crippen LogP contribution in [0.25, 0.3) is 11.3 Å². The minimum Gasteiger partial charge on any atom is -0.478 e. The number of carboxylic acid groups (broad SMARTS) is 1. The number of carbonyl (C=O) groups is 2. The molecule has 0 saturated heterocycles. The van der Waals surface area contributed by atoms with Crippen molar-refractivity contribution in [2.75, 3.05) is 0 Å². The Labute approximate surface area is 139 Å². The number of hydrogen-bond donors (Lipinski definition) is 1. The van der Waals surface area contributed by atoms with E-state index in [1.807, 2.05) is 24.3 Å². The third-order valence-corrected chi connectivity index (χ3v) is 3.85. The highest BCUT2D eigenvalue weighted by Gasteiger charge is 2.25. The van der Waals surface area contributed by atoms with E-state index >= 15 is 0 Å². The molecule has 0 saturated carbocycles. The standard InChI is InChI=1S/C19H16N2O3/c1-21-15(12-16(22)13-8-4-2-5-9-13)17(19(23)24)18(20-21)14-10-6-3-7-11-14/h2-11H,12H2,1H3,(H,23,24). The number of rotatable bonds is 5. The van der Waals surface area contributed by atoms with E-state index in [0.717, 1.165) is 0 Å². The average molecular weight is 320 g/mol. The van der Waals surface area contributed by atoms with Crippen LogP contribution in [-0.4, -0.2) is 26.6 Å². The molecule has 0 aliphatic heterocycles. The summed E-state index contributed by atoms with van der Waals surface area (Å²) in [6.45, 7) is 0. The third-order valence-electron chi connectivity index (χ3n) is 3.85. The van der Waals surface area contributed by atoms with Crippen molar-refractivity contribution in [2.45, 2.75) is 6.42 Å². The number of aryl methyl sites for hydroxylation is 1. The summed E-state index contributed by atoms with van der Waals surface area (Å²) >= 11 is 0. The van der Waals surface area contributed by atoms with Crippen LogP contribution in [0.15, 0.2) is 60.7 Å². The van der Waals surface area contributed by atoms with Crippen LogP contribution >= 0.6 is 0 Å². The molecule has 120 valence electrons. The van der Waals surface area contributed by atoms with Gasteiger partial charge in [-0.05, 0) is 0 Å². The van der Waals surface area contributed by atoms with Gasteiger partial charge in [-0.3, -0.25) is 9.48 Å². The lowest BCUT2D eigenvalue weighted by molar-refractivity contribution is 0.0696. The van der Waals surface area contributed by atoms with Crippen LogP contribution in [0, 0.1) is 0 Å². The van der Waals surface area contributed by atoms with Gasteiger partial charge in [-0.15, -0.1) is 0 Å². The summed E-state index contributed by atoms with van der Waals surface area (Å²) < 4.78 is 1.48. The maximum Gasteiger partial charge on any atom is 0.339 e. The third kappa shape index (κ3) is 2.96. The summed E-state index contributed by atoms with van der Waals surface area (Å²) in [5, 5.41) is 14.0. The van der Waals surface area contributed by atoms with Crippen molar-refractivity contribution in [1.29, 1.82) is 0 Å². The molecule has 0 atom stereocenters. The second kappa shape index (κ2) is 6.50. The number of aromatic carboxylic acids is 1. The zero-order valence-corrected chi connectivity index (χ0v) is 13.1. The van der Waals surface area contributed by atoms with Crippen molar-refractivity contribution >= 4 is 11.8 Å². The largest absolute Gasteiger partial charge is 0.478 e. The Kier molecular flexibility index (Phi) is 4.24. The molecule has 0 bridgehead atoms. The van der Waals surface area contributed by atoms with Gasteiger partial charge >= 0.3 is 5.97 Å². The van der Waals surface area contributed by atoms with E-state index in [4.69, 9.17) is 0 Å². The monoisotopic (exact) mass is 320 g/mol. The van der Waals surface area contributed by atoms with Crippen LogP contribution in [0.2, 0.25) is 0 Å². The molecule has 3 aromatic rings. The number of ketones is 1. The first-order valence-corrected chi connectivity index (χ1v) is 7.50. The maximum atomic E-state index is 12.5. The maximum absolute atomic E-state index is 12.5. The normalized spacial score (nSPS) is 10.5. The fourth-order valence-electron chi connectivity index (χ4n) is 2.66. The molecule has 24 heavy (non-hydrogen) atoms. The number of hydrogen-bond acceptors (Lipinski definition) is 3. The minimum absolute atomic E-state index is 0.0119. The molecule has 0 fully saturated rings. The molecule has 5 nitrogen and oxygen atoms in total. The van der Waals surface area contributed by atoms with E-state index in [0.29, 0.717) is 22.5 Å². The number of benzene rings is 2. The first kappa shape index (κ1) is 15.7. The van der Waals surface area contributed by atoms with E-state index < -0.39 is 5.97 Å². The second-order valence-corrected chi connectivity index (χ2v) is 5.43. The molecular formula is C19H16N2O3. The molecule has 0 aliphatic carbocycles. The van der Waals surface area contributed by atoms with E-state index in [2.05, 4.69) is 5.10 Å². The quantitative estimate of drug-likeness (QED) is 0.733. The van der Waals surface area contributed by atoms with Crippen molar-refractivity contribution in [3.05, 3.63) is 77.5 Å². The molecule has 1 aromatic heterocycles. The second-order valence-electron chi connectivity index (χ2n) is 5.43. The van der Waals surface area contributed by atoms with Crippen molar-refractivity contribution in [1.82, 2.24) is 9.78 Å². The Morgan fingerprint density at radius 3 is 2.17 bits per heavy atom. The molecule has 3 rings (SSSR count). The van der Waals surface area contributed by atoms with Gasteiger partial charge in [-0.2, -0.15) is 5.10 Å². The predicted molar refractivity (Wildman–Crippen MR) is 90.1 cm³/mol. The van der Waals surface area contributed by atoms with Gasteiger partial charge in [0.15, 0.2) is 5.78 Å². The summed E-state index contributed by atoms with van der Waals surface area (Å²) in [6.07, 6.45) is -0.0119. The summed E-state index contributed by atoms with van der Waals surface area (Å²) in [7, 11) is 1.66.